The van der Waals surface area contributed by atoms with E-state index in [0.717, 1.165) is 27.7 Å². The maximum atomic E-state index is 13.4. The van der Waals surface area contributed by atoms with E-state index in [0.29, 0.717) is 6.54 Å². The van der Waals surface area contributed by atoms with Crippen molar-refractivity contribution in [2.75, 3.05) is 0 Å². The van der Waals surface area contributed by atoms with Crippen molar-refractivity contribution in [1.29, 1.82) is 0 Å². The number of phenols is 1. The van der Waals surface area contributed by atoms with Crippen LogP contribution in [0.3, 0.4) is 0 Å². The summed E-state index contributed by atoms with van der Waals surface area (Å²) < 4.78 is 15.6. The SMILES string of the molecule is Cc1c(-c2ccc(F)cc2)n(Cc2ccccc2)c2ccc(O)cc12. The molecule has 124 valence electrons. The van der Waals surface area contributed by atoms with E-state index in [4.69, 9.17) is 0 Å². The molecule has 1 N–H and O–H groups in total. The van der Waals surface area contributed by atoms with E-state index in [-0.39, 0.29) is 11.6 Å². The Hall–Kier alpha value is -3.07. The molecule has 0 saturated heterocycles. The predicted molar refractivity (Wildman–Crippen MR) is 99.3 cm³/mol. The zero-order chi connectivity index (χ0) is 17.4. The molecule has 0 unspecified atom stereocenters. The zero-order valence-corrected chi connectivity index (χ0v) is 13.9. The molecule has 3 aromatic carbocycles. The number of fused-ring (bicyclic) bond motifs is 1. The second-order valence-corrected chi connectivity index (χ2v) is 6.25. The first kappa shape index (κ1) is 15.5. The lowest BCUT2D eigenvalue weighted by Crippen LogP contribution is -2.02. The van der Waals surface area contributed by atoms with Crippen LogP contribution in [0.15, 0.2) is 72.8 Å². The lowest BCUT2D eigenvalue weighted by atomic mass is 10.1. The van der Waals surface area contributed by atoms with Crippen molar-refractivity contribution in [2.45, 2.75) is 13.5 Å². The number of phenolic OH excluding ortho intramolecular Hbond substituents is 1. The summed E-state index contributed by atoms with van der Waals surface area (Å²) in [6.07, 6.45) is 0. The molecule has 3 heteroatoms. The standard InChI is InChI=1S/C22H18FNO/c1-15-20-13-19(25)11-12-21(20)24(14-16-5-3-2-4-6-16)22(15)17-7-9-18(23)10-8-17/h2-13,25H,14H2,1H3. The number of nitrogens with zero attached hydrogens (tertiary/aromatic N) is 1. The summed E-state index contributed by atoms with van der Waals surface area (Å²) in [6.45, 7) is 2.75. The van der Waals surface area contributed by atoms with Gasteiger partial charge in [-0.15, -0.1) is 0 Å². The molecule has 0 aliphatic carbocycles. The quantitative estimate of drug-likeness (QED) is 0.526. The van der Waals surface area contributed by atoms with Gasteiger partial charge >= 0.3 is 0 Å². The van der Waals surface area contributed by atoms with Gasteiger partial charge in [-0.3, -0.25) is 0 Å². The van der Waals surface area contributed by atoms with Crippen LogP contribution in [0.2, 0.25) is 0 Å². The summed E-state index contributed by atoms with van der Waals surface area (Å²) in [6, 6.07) is 22.2. The lowest BCUT2D eigenvalue weighted by Gasteiger charge is -2.12. The van der Waals surface area contributed by atoms with Crippen molar-refractivity contribution in [3.05, 3.63) is 89.7 Å². The van der Waals surface area contributed by atoms with Gasteiger partial charge in [-0.1, -0.05) is 30.3 Å². The van der Waals surface area contributed by atoms with E-state index in [1.165, 1.54) is 17.7 Å². The third kappa shape index (κ3) is 2.78. The highest BCUT2D eigenvalue weighted by molar-refractivity contribution is 5.92. The normalized spacial score (nSPS) is 11.1. The minimum absolute atomic E-state index is 0.246. The minimum Gasteiger partial charge on any atom is -0.508 e. The first-order valence-electron chi connectivity index (χ1n) is 8.25. The van der Waals surface area contributed by atoms with Crippen LogP contribution in [-0.4, -0.2) is 9.67 Å². The molecule has 4 aromatic rings. The fourth-order valence-electron chi connectivity index (χ4n) is 3.42. The molecular weight excluding hydrogens is 313 g/mol. The van der Waals surface area contributed by atoms with Crippen molar-refractivity contribution in [3.63, 3.8) is 0 Å². The first-order valence-corrected chi connectivity index (χ1v) is 8.25. The Bertz CT molecular complexity index is 1030. The van der Waals surface area contributed by atoms with Gasteiger partial charge < -0.3 is 9.67 Å². The van der Waals surface area contributed by atoms with E-state index in [1.807, 2.05) is 31.2 Å². The molecule has 0 aliphatic rings. The van der Waals surface area contributed by atoms with E-state index >= 15 is 0 Å². The molecule has 0 amide bonds. The van der Waals surface area contributed by atoms with Crippen LogP contribution in [0.1, 0.15) is 11.1 Å². The molecule has 0 bridgehead atoms. The van der Waals surface area contributed by atoms with Crippen molar-refractivity contribution in [2.24, 2.45) is 0 Å². The molecule has 0 radical (unpaired) electrons. The molecule has 0 spiro atoms. The summed E-state index contributed by atoms with van der Waals surface area (Å²) in [5.41, 5.74) is 5.33. The largest absolute Gasteiger partial charge is 0.508 e. The van der Waals surface area contributed by atoms with Crippen molar-refractivity contribution in [3.8, 4) is 17.0 Å². The van der Waals surface area contributed by atoms with Gasteiger partial charge in [-0.25, -0.2) is 4.39 Å². The van der Waals surface area contributed by atoms with Crippen molar-refractivity contribution in [1.82, 2.24) is 4.57 Å². The van der Waals surface area contributed by atoms with Crippen LogP contribution < -0.4 is 0 Å². The number of benzene rings is 3. The average molecular weight is 331 g/mol. The molecule has 4 rings (SSSR count). The van der Waals surface area contributed by atoms with Gasteiger partial charge in [0.15, 0.2) is 0 Å². The highest BCUT2D eigenvalue weighted by Crippen LogP contribution is 2.35. The third-order valence-electron chi connectivity index (χ3n) is 4.60. The molecule has 25 heavy (non-hydrogen) atoms. The highest BCUT2D eigenvalue weighted by Gasteiger charge is 2.16. The van der Waals surface area contributed by atoms with Crippen LogP contribution in [0.4, 0.5) is 4.39 Å². The van der Waals surface area contributed by atoms with Crippen LogP contribution in [0.25, 0.3) is 22.2 Å². The molecular formula is C22H18FNO. The van der Waals surface area contributed by atoms with Crippen LogP contribution in [-0.2, 0) is 6.54 Å². The minimum atomic E-state index is -0.246. The maximum Gasteiger partial charge on any atom is 0.123 e. The Morgan fingerprint density at radius 3 is 2.36 bits per heavy atom. The van der Waals surface area contributed by atoms with Crippen LogP contribution in [0.5, 0.6) is 5.75 Å². The van der Waals surface area contributed by atoms with E-state index in [2.05, 4.69) is 16.7 Å². The summed E-state index contributed by atoms with van der Waals surface area (Å²) in [5, 5.41) is 10.9. The summed E-state index contributed by atoms with van der Waals surface area (Å²) in [5.74, 6) is 0.00267. The maximum absolute atomic E-state index is 13.4. The smallest absolute Gasteiger partial charge is 0.123 e. The van der Waals surface area contributed by atoms with E-state index in [9.17, 15) is 9.50 Å². The lowest BCUT2D eigenvalue weighted by molar-refractivity contribution is 0.476. The molecule has 0 atom stereocenters. The Kier molecular flexibility index (Phi) is 3.77. The molecule has 1 heterocycles. The second-order valence-electron chi connectivity index (χ2n) is 6.25. The number of aromatic nitrogens is 1. The van der Waals surface area contributed by atoms with Gasteiger partial charge in [0.2, 0.25) is 0 Å². The van der Waals surface area contributed by atoms with Crippen molar-refractivity contribution >= 4 is 10.9 Å². The molecule has 2 nitrogen and oxygen atoms in total. The van der Waals surface area contributed by atoms with Gasteiger partial charge in [-0.2, -0.15) is 0 Å². The van der Waals surface area contributed by atoms with E-state index in [1.54, 1.807) is 24.3 Å². The van der Waals surface area contributed by atoms with Crippen molar-refractivity contribution < 1.29 is 9.50 Å². The topological polar surface area (TPSA) is 25.2 Å². The third-order valence-corrected chi connectivity index (χ3v) is 4.60. The van der Waals surface area contributed by atoms with Gasteiger partial charge in [0.25, 0.3) is 0 Å². The number of hydrogen-bond acceptors (Lipinski definition) is 1. The molecule has 1 aromatic heterocycles. The van der Waals surface area contributed by atoms with E-state index < -0.39 is 0 Å². The fraction of sp³-hybridized carbons (Fsp3) is 0.0909. The Morgan fingerprint density at radius 2 is 1.64 bits per heavy atom. The number of aryl methyl sites for hydroxylation is 1. The summed E-state index contributed by atoms with van der Waals surface area (Å²) >= 11 is 0. The summed E-state index contributed by atoms with van der Waals surface area (Å²) in [4.78, 5) is 0. The number of hydrogen-bond donors (Lipinski definition) is 1. The van der Waals surface area contributed by atoms with Gasteiger partial charge in [0.1, 0.15) is 11.6 Å². The van der Waals surface area contributed by atoms with Crippen LogP contribution >= 0.6 is 0 Å². The molecule has 0 fully saturated rings. The number of halogens is 1. The van der Waals surface area contributed by atoms with Gasteiger partial charge in [-0.05, 0) is 66.1 Å². The van der Waals surface area contributed by atoms with Gasteiger partial charge in [0, 0.05) is 17.4 Å². The first-order chi connectivity index (χ1) is 12.1. The Labute approximate surface area is 145 Å². The molecule has 0 aliphatic heterocycles. The Balaban J connectivity index is 1.97. The second kappa shape index (κ2) is 6.10. The zero-order valence-electron chi connectivity index (χ0n) is 13.9. The number of aromatic hydroxyl groups is 1. The monoisotopic (exact) mass is 331 g/mol. The average Bonchev–Trinajstić information content (AvgIpc) is 2.88. The molecule has 0 saturated carbocycles. The predicted octanol–water partition coefficient (Wildman–Crippen LogP) is 5.51. The number of rotatable bonds is 3. The van der Waals surface area contributed by atoms with Crippen LogP contribution in [0, 0.1) is 12.7 Å². The highest BCUT2D eigenvalue weighted by atomic mass is 19.1. The fourth-order valence-corrected chi connectivity index (χ4v) is 3.42. The van der Waals surface area contributed by atoms with Gasteiger partial charge in [0.05, 0.1) is 5.69 Å². The summed E-state index contributed by atoms with van der Waals surface area (Å²) in [7, 11) is 0. The Morgan fingerprint density at radius 1 is 0.920 bits per heavy atom.